The first-order chi connectivity index (χ1) is 12.7. The van der Waals surface area contributed by atoms with E-state index >= 15 is 0 Å². The maximum atomic E-state index is 12.9. The standard InChI is InChI=1S/C22H23NO3/c1-2-25-20-12-10-18(11-13-20)15-22(24)23(17-21-9-6-14-26-21)16-19-7-4-3-5-8-19/h3-14H,2,15-17H2,1H3. The van der Waals surface area contributed by atoms with Gasteiger partial charge in [0.05, 0.1) is 25.8 Å². The van der Waals surface area contributed by atoms with Crippen LogP contribution in [0.5, 0.6) is 5.75 Å². The first-order valence-corrected chi connectivity index (χ1v) is 8.80. The van der Waals surface area contributed by atoms with Crippen LogP contribution in [0.25, 0.3) is 0 Å². The summed E-state index contributed by atoms with van der Waals surface area (Å²) < 4.78 is 10.9. The summed E-state index contributed by atoms with van der Waals surface area (Å²) in [5, 5.41) is 0. The van der Waals surface area contributed by atoms with Crippen LogP contribution in [0.4, 0.5) is 0 Å². The van der Waals surface area contributed by atoms with Crippen molar-refractivity contribution in [3.8, 4) is 5.75 Å². The molecule has 0 fully saturated rings. The number of ether oxygens (including phenoxy) is 1. The van der Waals surface area contributed by atoms with Gasteiger partial charge in [-0.05, 0) is 42.3 Å². The molecule has 0 unspecified atom stereocenters. The third-order valence-corrected chi connectivity index (χ3v) is 4.09. The van der Waals surface area contributed by atoms with Crippen LogP contribution in [0.15, 0.2) is 77.4 Å². The summed E-state index contributed by atoms with van der Waals surface area (Å²) in [5.74, 6) is 1.66. The van der Waals surface area contributed by atoms with Crippen LogP contribution in [-0.4, -0.2) is 17.4 Å². The smallest absolute Gasteiger partial charge is 0.227 e. The lowest BCUT2D eigenvalue weighted by atomic mass is 10.1. The molecule has 0 aliphatic rings. The van der Waals surface area contributed by atoms with Crippen LogP contribution in [0.3, 0.4) is 0 Å². The molecular formula is C22H23NO3. The van der Waals surface area contributed by atoms with E-state index in [9.17, 15) is 4.79 Å². The minimum absolute atomic E-state index is 0.0643. The predicted molar refractivity (Wildman–Crippen MR) is 101 cm³/mol. The van der Waals surface area contributed by atoms with Gasteiger partial charge in [-0.1, -0.05) is 42.5 Å². The molecule has 2 aromatic carbocycles. The fourth-order valence-electron chi connectivity index (χ4n) is 2.78. The van der Waals surface area contributed by atoms with Crippen molar-refractivity contribution in [3.63, 3.8) is 0 Å². The Hall–Kier alpha value is -3.01. The van der Waals surface area contributed by atoms with Crippen LogP contribution < -0.4 is 4.74 Å². The molecule has 0 aliphatic heterocycles. The van der Waals surface area contributed by atoms with Gasteiger partial charge in [-0.25, -0.2) is 0 Å². The Morgan fingerprint density at radius 1 is 0.923 bits per heavy atom. The average Bonchev–Trinajstić information content (AvgIpc) is 3.17. The lowest BCUT2D eigenvalue weighted by Gasteiger charge is -2.22. The van der Waals surface area contributed by atoms with Gasteiger partial charge in [0.25, 0.3) is 0 Å². The molecule has 1 aromatic heterocycles. The Kier molecular flexibility index (Phi) is 6.09. The van der Waals surface area contributed by atoms with Crippen molar-refractivity contribution in [3.05, 3.63) is 89.9 Å². The van der Waals surface area contributed by atoms with E-state index in [0.29, 0.717) is 26.1 Å². The van der Waals surface area contributed by atoms with E-state index < -0.39 is 0 Å². The van der Waals surface area contributed by atoms with Crippen molar-refractivity contribution >= 4 is 5.91 Å². The van der Waals surface area contributed by atoms with Crippen molar-refractivity contribution in [2.24, 2.45) is 0 Å². The number of amides is 1. The summed E-state index contributed by atoms with van der Waals surface area (Å²) in [4.78, 5) is 14.7. The van der Waals surface area contributed by atoms with E-state index in [1.807, 2.05) is 78.6 Å². The van der Waals surface area contributed by atoms with E-state index in [1.165, 1.54) is 0 Å². The van der Waals surface area contributed by atoms with E-state index in [2.05, 4.69) is 0 Å². The van der Waals surface area contributed by atoms with Gasteiger partial charge in [0.2, 0.25) is 5.91 Å². The van der Waals surface area contributed by atoms with Gasteiger partial charge >= 0.3 is 0 Å². The summed E-state index contributed by atoms with van der Waals surface area (Å²) >= 11 is 0. The molecule has 4 heteroatoms. The van der Waals surface area contributed by atoms with Gasteiger partial charge in [-0.3, -0.25) is 4.79 Å². The second-order valence-electron chi connectivity index (χ2n) is 6.07. The van der Waals surface area contributed by atoms with Crippen LogP contribution in [0.1, 0.15) is 23.8 Å². The summed E-state index contributed by atoms with van der Waals surface area (Å²) in [6.07, 6.45) is 1.98. The number of hydrogen-bond donors (Lipinski definition) is 0. The van der Waals surface area contributed by atoms with Crippen LogP contribution >= 0.6 is 0 Å². The Balaban J connectivity index is 1.71. The topological polar surface area (TPSA) is 42.7 Å². The highest BCUT2D eigenvalue weighted by Gasteiger charge is 2.16. The molecule has 26 heavy (non-hydrogen) atoms. The van der Waals surface area contributed by atoms with Gasteiger partial charge in [0.1, 0.15) is 11.5 Å². The van der Waals surface area contributed by atoms with Gasteiger partial charge in [-0.2, -0.15) is 0 Å². The summed E-state index contributed by atoms with van der Waals surface area (Å²) in [5.41, 5.74) is 2.06. The summed E-state index contributed by atoms with van der Waals surface area (Å²) in [6, 6.07) is 21.4. The zero-order valence-electron chi connectivity index (χ0n) is 14.9. The largest absolute Gasteiger partial charge is 0.494 e. The van der Waals surface area contributed by atoms with Gasteiger partial charge < -0.3 is 14.1 Å². The zero-order valence-corrected chi connectivity index (χ0v) is 14.9. The molecule has 1 amide bonds. The Labute approximate surface area is 154 Å². The molecule has 0 atom stereocenters. The molecule has 134 valence electrons. The fourth-order valence-corrected chi connectivity index (χ4v) is 2.78. The van der Waals surface area contributed by atoms with Crippen molar-refractivity contribution in [1.82, 2.24) is 4.90 Å². The minimum atomic E-state index is 0.0643. The molecular weight excluding hydrogens is 326 g/mol. The zero-order chi connectivity index (χ0) is 18.2. The van der Waals surface area contributed by atoms with Gasteiger partial charge in [0, 0.05) is 6.54 Å². The van der Waals surface area contributed by atoms with Crippen molar-refractivity contribution in [2.45, 2.75) is 26.4 Å². The highest BCUT2D eigenvalue weighted by atomic mass is 16.5. The fraction of sp³-hybridized carbons (Fsp3) is 0.227. The number of rotatable bonds is 8. The molecule has 1 heterocycles. The minimum Gasteiger partial charge on any atom is -0.494 e. The number of benzene rings is 2. The second-order valence-corrected chi connectivity index (χ2v) is 6.07. The van der Waals surface area contributed by atoms with E-state index in [-0.39, 0.29) is 5.91 Å². The number of nitrogens with zero attached hydrogens (tertiary/aromatic N) is 1. The van der Waals surface area contributed by atoms with Gasteiger partial charge in [0.15, 0.2) is 0 Å². The van der Waals surface area contributed by atoms with E-state index in [1.54, 1.807) is 6.26 Å². The highest BCUT2D eigenvalue weighted by molar-refractivity contribution is 5.78. The first kappa shape index (κ1) is 17.8. The van der Waals surface area contributed by atoms with Crippen molar-refractivity contribution in [1.29, 1.82) is 0 Å². The second kappa shape index (κ2) is 8.90. The number of carbonyl (C=O) groups is 1. The summed E-state index contributed by atoms with van der Waals surface area (Å²) in [6.45, 7) is 3.59. The molecule has 0 N–H and O–H groups in total. The Morgan fingerprint density at radius 2 is 1.69 bits per heavy atom. The highest BCUT2D eigenvalue weighted by Crippen LogP contribution is 2.16. The number of furan rings is 1. The molecule has 4 nitrogen and oxygen atoms in total. The molecule has 0 spiro atoms. The molecule has 0 saturated carbocycles. The number of carbonyl (C=O) groups excluding carboxylic acids is 1. The molecule has 0 saturated heterocycles. The van der Waals surface area contributed by atoms with Crippen molar-refractivity contribution < 1.29 is 13.9 Å². The van der Waals surface area contributed by atoms with Gasteiger partial charge in [-0.15, -0.1) is 0 Å². The Morgan fingerprint density at radius 3 is 2.35 bits per heavy atom. The molecule has 0 radical (unpaired) electrons. The average molecular weight is 349 g/mol. The van der Waals surface area contributed by atoms with E-state index in [4.69, 9.17) is 9.15 Å². The van der Waals surface area contributed by atoms with Crippen LogP contribution in [0, 0.1) is 0 Å². The third kappa shape index (κ3) is 4.99. The van der Waals surface area contributed by atoms with Crippen LogP contribution in [-0.2, 0) is 24.3 Å². The monoisotopic (exact) mass is 349 g/mol. The molecule has 0 bridgehead atoms. The van der Waals surface area contributed by atoms with Crippen LogP contribution in [0.2, 0.25) is 0 Å². The number of hydrogen-bond acceptors (Lipinski definition) is 3. The molecule has 0 aliphatic carbocycles. The Bertz CT molecular complexity index is 795. The summed E-state index contributed by atoms with van der Waals surface area (Å²) in [7, 11) is 0. The third-order valence-electron chi connectivity index (χ3n) is 4.09. The normalized spacial score (nSPS) is 10.5. The molecule has 3 rings (SSSR count). The lowest BCUT2D eigenvalue weighted by molar-refractivity contribution is -0.132. The predicted octanol–water partition coefficient (Wildman–Crippen LogP) is 4.45. The molecule has 3 aromatic rings. The van der Waals surface area contributed by atoms with Crippen molar-refractivity contribution in [2.75, 3.05) is 6.61 Å². The maximum absolute atomic E-state index is 12.9. The lowest BCUT2D eigenvalue weighted by Crippen LogP contribution is -2.31. The first-order valence-electron chi connectivity index (χ1n) is 8.80. The quantitative estimate of drug-likeness (QED) is 0.603. The van der Waals surface area contributed by atoms with E-state index in [0.717, 1.165) is 22.6 Å². The SMILES string of the molecule is CCOc1ccc(CC(=O)N(Cc2ccccc2)Cc2ccco2)cc1. The maximum Gasteiger partial charge on any atom is 0.227 e.